The lowest BCUT2D eigenvalue weighted by Gasteiger charge is -1.97. The number of halogens is 2. The maximum Gasteiger partial charge on any atom is 0.268 e. The van der Waals surface area contributed by atoms with E-state index in [1.165, 1.54) is 11.3 Å². The Balaban J connectivity index is 2.15. The van der Waals surface area contributed by atoms with E-state index in [0.717, 1.165) is 8.26 Å². The van der Waals surface area contributed by atoms with Crippen LogP contribution in [0.3, 0.4) is 0 Å². The molecule has 2 N–H and O–H groups in total. The van der Waals surface area contributed by atoms with Gasteiger partial charge in [0.2, 0.25) is 5.95 Å². The van der Waals surface area contributed by atoms with Crippen LogP contribution in [-0.2, 0) is 0 Å². The van der Waals surface area contributed by atoms with Crippen molar-refractivity contribution in [1.82, 2.24) is 9.97 Å². The summed E-state index contributed by atoms with van der Waals surface area (Å²) >= 11 is 8.01. The molecule has 0 aliphatic heterocycles. The van der Waals surface area contributed by atoms with Crippen LogP contribution in [0.2, 0.25) is 0 Å². The molecule has 0 unspecified atom stereocenters. The van der Waals surface area contributed by atoms with Crippen LogP contribution in [0.5, 0.6) is 0 Å². The molecule has 1 amide bonds. The summed E-state index contributed by atoms with van der Waals surface area (Å²) in [6.45, 7) is 0. The molecule has 15 heavy (non-hydrogen) atoms. The number of aromatic nitrogens is 2. The summed E-state index contributed by atoms with van der Waals surface area (Å²) in [5, 5.41) is 2.64. The zero-order chi connectivity index (χ0) is 10.8. The van der Waals surface area contributed by atoms with Crippen LogP contribution in [-0.4, -0.2) is 15.9 Å². The lowest BCUT2D eigenvalue weighted by Crippen LogP contribution is -2.11. The number of carbonyl (C=O) groups is 1. The molecule has 0 saturated carbocycles. The van der Waals surface area contributed by atoms with Crippen molar-refractivity contribution in [2.75, 3.05) is 5.32 Å². The van der Waals surface area contributed by atoms with Crippen molar-refractivity contribution in [3.63, 3.8) is 0 Å². The van der Waals surface area contributed by atoms with Gasteiger partial charge in [0.25, 0.3) is 5.91 Å². The zero-order valence-corrected chi connectivity index (χ0v) is 11.2. The number of H-pyrrole nitrogens is 1. The highest BCUT2D eigenvalue weighted by atomic mass is 79.9. The third kappa shape index (κ3) is 2.47. The first-order chi connectivity index (χ1) is 7.16. The molecule has 78 valence electrons. The van der Waals surface area contributed by atoms with Crippen LogP contribution < -0.4 is 5.32 Å². The van der Waals surface area contributed by atoms with E-state index in [9.17, 15) is 4.79 Å². The van der Waals surface area contributed by atoms with E-state index in [0.29, 0.717) is 10.8 Å². The molecule has 2 rings (SSSR count). The van der Waals surface area contributed by atoms with Gasteiger partial charge in [-0.05, 0) is 37.9 Å². The Morgan fingerprint density at radius 2 is 2.33 bits per heavy atom. The van der Waals surface area contributed by atoms with Gasteiger partial charge in [-0.2, -0.15) is 0 Å². The SMILES string of the molecule is O=C(Nc1ncc[nH]1)c1cc(Br)c(Br)s1. The maximum atomic E-state index is 11.7. The van der Waals surface area contributed by atoms with Crippen molar-refractivity contribution in [2.24, 2.45) is 0 Å². The van der Waals surface area contributed by atoms with E-state index in [1.807, 2.05) is 0 Å². The fraction of sp³-hybridized carbons (Fsp3) is 0. The van der Waals surface area contributed by atoms with E-state index in [4.69, 9.17) is 0 Å². The number of rotatable bonds is 2. The Bertz CT molecular complexity index is 461. The van der Waals surface area contributed by atoms with Gasteiger partial charge in [-0.1, -0.05) is 0 Å². The molecule has 2 aromatic heterocycles. The topological polar surface area (TPSA) is 57.8 Å². The molecule has 0 saturated heterocycles. The van der Waals surface area contributed by atoms with Crippen molar-refractivity contribution < 1.29 is 4.79 Å². The number of thiophene rings is 1. The highest BCUT2D eigenvalue weighted by molar-refractivity contribution is 9.13. The summed E-state index contributed by atoms with van der Waals surface area (Å²) in [5.41, 5.74) is 0. The largest absolute Gasteiger partial charge is 0.331 e. The highest BCUT2D eigenvalue weighted by Crippen LogP contribution is 2.32. The van der Waals surface area contributed by atoms with Gasteiger partial charge in [0, 0.05) is 16.9 Å². The predicted molar refractivity (Wildman–Crippen MR) is 66.3 cm³/mol. The van der Waals surface area contributed by atoms with Crippen molar-refractivity contribution >= 4 is 55.1 Å². The number of nitrogens with zero attached hydrogens (tertiary/aromatic N) is 1. The fourth-order valence-corrected chi connectivity index (χ4v) is 2.89. The number of hydrogen-bond acceptors (Lipinski definition) is 3. The first kappa shape index (κ1) is 10.8. The van der Waals surface area contributed by atoms with E-state index < -0.39 is 0 Å². The van der Waals surface area contributed by atoms with Gasteiger partial charge in [0.1, 0.15) is 0 Å². The second-order valence-electron chi connectivity index (χ2n) is 2.62. The summed E-state index contributed by atoms with van der Waals surface area (Å²) in [4.78, 5) is 19.0. The van der Waals surface area contributed by atoms with E-state index in [2.05, 4.69) is 47.1 Å². The summed E-state index contributed by atoms with van der Waals surface area (Å²) < 4.78 is 1.77. The molecule has 0 aliphatic rings. The fourth-order valence-electron chi connectivity index (χ4n) is 0.961. The molecular weight excluding hydrogens is 346 g/mol. The van der Waals surface area contributed by atoms with Gasteiger partial charge in [-0.25, -0.2) is 4.98 Å². The Morgan fingerprint density at radius 1 is 1.53 bits per heavy atom. The van der Waals surface area contributed by atoms with Crippen molar-refractivity contribution in [3.8, 4) is 0 Å². The van der Waals surface area contributed by atoms with Crippen molar-refractivity contribution in [3.05, 3.63) is 31.6 Å². The summed E-state index contributed by atoms with van der Waals surface area (Å²) in [6.07, 6.45) is 3.23. The lowest BCUT2D eigenvalue weighted by molar-refractivity contribution is 0.102. The Labute approximate surface area is 106 Å². The summed E-state index contributed by atoms with van der Waals surface area (Å²) in [7, 11) is 0. The van der Waals surface area contributed by atoms with Gasteiger partial charge in [0.05, 0.1) is 8.66 Å². The van der Waals surface area contributed by atoms with Crippen LogP contribution >= 0.6 is 43.2 Å². The first-order valence-corrected chi connectivity index (χ1v) is 6.32. The minimum Gasteiger partial charge on any atom is -0.331 e. The van der Waals surface area contributed by atoms with Crippen LogP contribution in [0.15, 0.2) is 26.7 Å². The van der Waals surface area contributed by atoms with Crippen molar-refractivity contribution in [1.29, 1.82) is 0 Å². The Hall–Kier alpha value is -0.660. The third-order valence-electron chi connectivity index (χ3n) is 1.60. The maximum absolute atomic E-state index is 11.7. The number of nitrogens with one attached hydrogen (secondary N) is 2. The van der Waals surface area contributed by atoms with Gasteiger partial charge in [-0.15, -0.1) is 11.3 Å². The third-order valence-corrected chi connectivity index (χ3v) is 4.85. The normalized spacial score (nSPS) is 10.3. The lowest BCUT2D eigenvalue weighted by atomic mass is 10.4. The number of aromatic amines is 1. The van der Waals surface area contributed by atoms with Gasteiger partial charge >= 0.3 is 0 Å². The Morgan fingerprint density at radius 3 is 2.87 bits per heavy atom. The summed E-state index contributed by atoms with van der Waals surface area (Å²) in [6, 6.07) is 1.76. The molecule has 0 aliphatic carbocycles. The standard InChI is InChI=1S/C8H5Br2N3OS/c9-4-3-5(15-6(4)10)7(14)13-8-11-1-2-12-8/h1-3H,(H2,11,12,13,14). The molecule has 7 heteroatoms. The minimum absolute atomic E-state index is 0.179. The molecule has 4 nitrogen and oxygen atoms in total. The number of hydrogen-bond donors (Lipinski definition) is 2. The van der Waals surface area contributed by atoms with Crippen LogP contribution in [0, 0.1) is 0 Å². The van der Waals surface area contributed by atoms with Crippen LogP contribution in [0.25, 0.3) is 0 Å². The molecule has 0 aromatic carbocycles. The molecule has 0 atom stereocenters. The predicted octanol–water partition coefficient (Wildman–Crippen LogP) is 3.25. The monoisotopic (exact) mass is 349 g/mol. The molecule has 0 radical (unpaired) electrons. The second kappa shape index (κ2) is 4.46. The summed E-state index contributed by atoms with van der Waals surface area (Å²) in [5.74, 6) is 0.266. The smallest absolute Gasteiger partial charge is 0.268 e. The average Bonchev–Trinajstić information content (AvgIpc) is 2.78. The molecular formula is C8H5Br2N3OS. The number of carbonyl (C=O) groups excluding carboxylic acids is 1. The van der Waals surface area contributed by atoms with Crippen LogP contribution in [0.4, 0.5) is 5.95 Å². The van der Waals surface area contributed by atoms with Crippen molar-refractivity contribution in [2.45, 2.75) is 0 Å². The second-order valence-corrected chi connectivity index (χ2v) is 5.85. The molecule has 0 spiro atoms. The van der Waals surface area contributed by atoms with E-state index >= 15 is 0 Å². The Kier molecular flexibility index (Phi) is 3.22. The van der Waals surface area contributed by atoms with Gasteiger partial charge in [0.15, 0.2) is 0 Å². The molecule has 2 aromatic rings. The quantitative estimate of drug-likeness (QED) is 0.873. The van der Waals surface area contributed by atoms with Crippen LogP contribution in [0.1, 0.15) is 9.67 Å². The minimum atomic E-state index is -0.179. The number of anilines is 1. The van der Waals surface area contributed by atoms with E-state index in [-0.39, 0.29) is 5.91 Å². The molecule has 2 heterocycles. The van der Waals surface area contributed by atoms with E-state index in [1.54, 1.807) is 18.5 Å². The first-order valence-electron chi connectivity index (χ1n) is 3.92. The zero-order valence-electron chi connectivity index (χ0n) is 7.25. The average molecular weight is 351 g/mol. The number of amides is 1. The highest BCUT2D eigenvalue weighted by Gasteiger charge is 2.12. The number of imidazole rings is 1. The van der Waals surface area contributed by atoms with Gasteiger partial charge in [-0.3, -0.25) is 10.1 Å². The molecule has 0 fully saturated rings. The van der Waals surface area contributed by atoms with Gasteiger partial charge < -0.3 is 4.98 Å². The molecule has 0 bridgehead atoms.